The number of hydrogen-bond acceptors (Lipinski definition) is 6. The predicted octanol–water partition coefficient (Wildman–Crippen LogP) is 7.93. The molecule has 4 N–H and O–H groups in total. The minimum Gasteiger partial charge on any atom is -0.493 e. The van der Waals surface area contributed by atoms with Crippen LogP contribution < -0.4 is 20.5 Å². The predicted molar refractivity (Wildman–Crippen MR) is 183 cm³/mol. The van der Waals surface area contributed by atoms with Crippen LogP contribution in [0.1, 0.15) is 94.0 Å². The molecule has 1 aromatic heterocycles. The molecule has 1 spiro atoms. The average molecular weight is 646 g/mol. The molecule has 6 rings (SSSR count). The Morgan fingerprint density at radius 1 is 1.11 bits per heavy atom. The highest BCUT2D eigenvalue weighted by Crippen LogP contribution is 2.56. The molecule has 3 aliphatic rings. The summed E-state index contributed by atoms with van der Waals surface area (Å²) >= 11 is 6.26. The van der Waals surface area contributed by atoms with Crippen LogP contribution in [0, 0.1) is 11.8 Å². The van der Waals surface area contributed by atoms with Gasteiger partial charge in [-0.2, -0.15) is 0 Å². The van der Waals surface area contributed by atoms with Crippen molar-refractivity contribution in [2.45, 2.75) is 101 Å². The molecule has 1 saturated carbocycles. The summed E-state index contributed by atoms with van der Waals surface area (Å²) in [7, 11) is 0. The summed E-state index contributed by atoms with van der Waals surface area (Å²) in [5.74, 6) is 2.15. The molecular formula is C38H48ClN3O4. The van der Waals surface area contributed by atoms with Gasteiger partial charge in [0, 0.05) is 34.2 Å². The maximum atomic E-state index is 12.9. The second-order valence-corrected chi connectivity index (χ2v) is 14.7. The Morgan fingerprint density at radius 2 is 1.91 bits per heavy atom. The highest BCUT2D eigenvalue weighted by atomic mass is 35.5. The molecule has 46 heavy (non-hydrogen) atoms. The van der Waals surface area contributed by atoms with Crippen LogP contribution in [0.3, 0.4) is 0 Å². The number of pyridine rings is 1. The van der Waals surface area contributed by atoms with Crippen LogP contribution in [0.5, 0.6) is 11.5 Å². The Morgan fingerprint density at radius 3 is 2.65 bits per heavy atom. The zero-order valence-corrected chi connectivity index (χ0v) is 28.1. The Labute approximate surface area is 278 Å². The van der Waals surface area contributed by atoms with E-state index in [9.17, 15) is 9.90 Å². The van der Waals surface area contributed by atoms with Crippen molar-refractivity contribution in [1.29, 1.82) is 0 Å². The monoisotopic (exact) mass is 645 g/mol. The zero-order chi connectivity index (χ0) is 32.5. The second-order valence-electron chi connectivity index (χ2n) is 14.3. The standard InChI is InChI=1S/C38H48ClN3O4/c1-24(22-46-34-12-17-41-33-9-4-6-25(2)35(33)34)18-28-19-27-10-11-31(45-23-26(3)40)21-32(27)37(28)13-15-38(16-14-37,36(43)44)42-30-8-5-7-29(39)20-30/h5,7-8,10-12,17,20-21,24-26,28,42H,4,6,9,13-16,18-19,22-23,40H2,1-3H3,(H,43,44)/t24-,25-,26+,28+,37?,38?/m1/s1. The molecule has 1 heterocycles. The Hall–Kier alpha value is -3.29. The van der Waals surface area contributed by atoms with Crippen LogP contribution in [0.2, 0.25) is 5.02 Å². The van der Waals surface area contributed by atoms with Gasteiger partial charge in [-0.3, -0.25) is 4.98 Å². The summed E-state index contributed by atoms with van der Waals surface area (Å²) in [6.07, 6.45) is 9.80. The molecule has 0 aliphatic heterocycles. The van der Waals surface area contributed by atoms with E-state index in [0.29, 0.717) is 48.8 Å². The summed E-state index contributed by atoms with van der Waals surface area (Å²) < 4.78 is 12.6. The van der Waals surface area contributed by atoms with Gasteiger partial charge >= 0.3 is 5.97 Å². The average Bonchev–Trinajstić information content (AvgIpc) is 3.31. The van der Waals surface area contributed by atoms with Crippen LogP contribution in [0.4, 0.5) is 5.69 Å². The first-order chi connectivity index (χ1) is 22.1. The number of benzene rings is 2. The van der Waals surface area contributed by atoms with Gasteiger partial charge in [-0.05, 0) is 135 Å². The van der Waals surface area contributed by atoms with Crippen molar-refractivity contribution in [3.05, 3.63) is 82.1 Å². The van der Waals surface area contributed by atoms with Gasteiger partial charge in [0.2, 0.25) is 0 Å². The Bertz CT molecular complexity index is 1550. The van der Waals surface area contributed by atoms with Crippen molar-refractivity contribution in [2.24, 2.45) is 17.6 Å². The number of rotatable bonds is 11. The number of halogens is 1. The lowest BCUT2D eigenvalue weighted by Gasteiger charge is -2.47. The number of nitrogens with two attached hydrogens (primary N) is 1. The summed E-state index contributed by atoms with van der Waals surface area (Å²) in [6.45, 7) is 7.60. The highest BCUT2D eigenvalue weighted by molar-refractivity contribution is 6.30. The van der Waals surface area contributed by atoms with E-state index in [-0.39, 0.29) is 11.5 Å². The van der Waals surface area contributed by atoms with E-state index in [2.05, 4.69) is 42.3 Å². The molecule has 0 radical (unpaired) electrons. The van der Waals surface area contributed by atoms with Crippen molar-refractivity contribution in [2.75, 3.05) is 18.5 Å². The molecule has 4 atom stereocenters. The fraction of sp³-hybridized carbons (Fsp3) is 0.526. The van der Waals surface area contributed by atoms with Gasteiger partial charge in [0.25, 0.3) is 0 Å². The van der Waals surface area contributed by atoms with E-state index >= 15 is 0 Å². The smallest absolute Gasteiger partial charge is 0.329 e. The SMILES string of the molecule is C[C@@H](COc1ccnc2c1[C@H](C)CCC2)C[C@H]1Cc2ccc(OC[C@H](C)N)cc2C12CCC(Nc1cccc(Cl)c1)(C(=O)O)CC2. The van der Waals surface area contributed by atoms with Crippen LogP contribution in [0.15, 0.2) is 54.7 Å². The molecule has 246 valence electrons. The number of aryl methyl sites for hydroxylation is 1. The first kappa shape index (κ1) is 32.6. The molecule has 1 fully saturated rings. The van der Waals surface area contributed by atoms with Crippen molar-refractivity contribution < 1.29 is 19.4 Å². The third-order valence-electron chi connectivity index (χ3n) is 10.8. The van der Waals surface area contributed by atoms with Gasteiger partial charge in [-0.1, -0.05) is 37.6 Å². The molecule has 0 saturated heterocycles. The van der Waals surface area contributed by atoms with Crippen LogP contribution >= 0.6 is 11.6 Å². The number of anilines is 1. The number of nitrogens with one attached hydrogen (secondary N) is 1. The van der Waals surface area contributed by atoms with E-state index in [1.165, 1.54) is 35.2 Å². The summed E-state index contributed by atoms with van der Waals surface area (Å²) in [4.78, 5) is 17.5. The number of carbonyl (C=O) groups is 1. The van der Waals surface area contributed by atoms with Crippen LogP contribution in [0.25, 0.3) is 0 Å². The van der Waals surface area contributed by atoms with Crippen molar-refractivity contribution >= 4 is 23.3 Å². The van der Waals surface area contributed by atoms with Crippen LogP contribution in [-0.4, -0.2) is 40.9 Å². The Balaban J connectivity index is 1.24. The van der Waals surface area contributed by atoms with E-state index in [4.69, 9.17) is 26.8 Å². The fourth-order valence-corrected chi connectivity index (χ4v) is 8.58. The fourth-order valence-electron chi connectivity index (χ4n) is 8.39. The number of aliphatic carboxylic acids is 1. The molecule has 2 aromatic carbocycles. The van der Waals surface area contributed by atoms with Gasteiger partial charge in [-0.25, -0.2) is 4.79 Å². The molecule has 0 bridgehead atoms. The number of aromatic nitrogens is 1. The zero-order valence-electron chi connectivity index (χ0n) is 27.4. The van der Waals surface area contributed by atoms with E-state index in [1.807, 2.05) is 31.3 Å². The van der Waals surface area contributed by atoms with Crippen LogP contribution in [-0.2, 0) is 23.1 Å². The lowest BCUT2D eigenvalue weighted by atomic mass is 9.59. The highest BCUT2D eigenvalue weighted by Gasteiger charge is 2.54. The molecule has 3 aromatic rings. The van der Waals surface area contributed by atoms with E-state index in [0.717, 1.165) is 49.3 Å². The lowest BCUT2D eigenvalue weighted by molar-refractivity contribution is -0.144. The van der Waals surface area contributed by atoms with Crippen molar-refractivity contribution in [1.82, 2.24) is 4.98 Å². The molecule has 8 heteroatoms. The van der Waals surface area contributed by atoms with Crippen molar-refractivity contribution in [3.8, 4) is 11.5 Å². The molecule has 3 aliphatic carbocycles. The minimum atomic E-state index is -1.06. The van der Waals surface area contributed by atoms with Gasteiger partial charge in [0.05, 0.1) is 6.61 Å². The lowest BCUT2D eigenvalue weighted by Crippen LogP contribution is -2.53. The van der Waals surface area contributed by atoms with E-state index in [1.54, 1.807) is 12.1 Å². The third kappa shape index (κ3) is 6.59. The number of ether oxygens (including phenoxy) is 2. The van der Waals surface area contributed by atoms with Gasteiger partial charge < -0.3 is 25.6 Å². The Kier molecular flexibility index (Phi) is 9.54. The molecule has 0 unspecified atom stereocenters. The molecule has 7 nitrogen and oxygen atoms in total. The third-order valence-corrected chi connectivity index (χ3v) is 11.0. The summed E-state index contributed by atoms with van der Waals surface area (Å²) in [5.41, 5.74) is 10.7. The minimum absolute atomic E-state index is 0.0618. The number of nitrogens with zero attached hydrogens (tertiary/aromatic N) is 1. The van der Waals surface area contributed by atoms with Gasteiger partial charge in [0.15, 0.2) is 0 Å². The number of carboxylic acid groups (broad SMARTS) is 1. The van der Waals surface area contributed by atoms with Crippen molar-refractivity contribution in [3.63, 3.8) is 0 Å². The maximum Gasteiger partial charge on any atom is 0.329 e. The van der Waals surface area contributed by atoms with Gasteiger partial charge in [-0.15, -0.1) is 0 Å². The van der Waals surface area contributed by atoms with Gasteiger partial charge in [0.1, 0.15) is 23.6 Å². The first-order valence-corrected chi connectivity index (χ1v) is 17.4. The summed E-state index contributed by atoms with van der Waals surface area (Å²) in [5, 5.41) is 14.5. The number of carboxylic acids is 1. The normalized spacial score (nSPS) is 26.5. The number of fused-ring (bicyclic) bond motifs is 3. The molecular weight excluding hydrogens is 598 g/mol. The maximum absolute atomic E-state index is 12.9. The summed E-state index contributed by atoms with van der Waals surface area (Å²) in [6, 6.07) is 15.8. The second kappa shape index (κ2) is 13.4. The largest absolute Gasteiger partial charge is 0.493 e. The number of hydrogen-bond donors (Lipinski definition) is 3. The first-order valence-electron chi connectivity index (χ1n) is 17.0. The topological polar surface area (TPSA) is 107 Å². The van der Waals surface area contributed by atoms with E-state index < -0.39 is 11.5 Å². The molecule has 0 amide bonds. The quantitative estimate of drug-likeness (QED) is 0.194.